The molecule has 0 radical (unpaired) electrons. The van der Waals surface area contributed by atoms with Gasteiger partial charge in [-0.1, -0.05) is 30.3 Å². The molecule has 1 aliphatic heterocycles. The van der Waals surface area contributed by atoms with Crippen LogP contribution in [0.2, 0.25) is 0 Å². The van der Waals surface area contributed by atoms with Crippen LogP contribution in [0.3, 0.4) is 0 Å². The molecule has 0 bridgehead atoms. The fraction of sp³-hybridized carbons (Fsp3) is 0. The summed E-state index contributed by atoms with van der Waals surface area (Å²) >= 11 is 1.21. The number of amidine groups is 1. The summed E-state index contributed by atoms with van der Waals surface area (Å²) in [5.41, 5.74) is 1.91. The number of rotatable bonds is 4. The molecule has 1 amide bonds. The largest absolute Gasteiger partial charge is 0.508 e. The molecule has 0 saturated carbocycles. The number of aliphatic imine (C=N–C) groups is 1. The number of phenolic OH excluding ortho intramolecular Hbond substituents is 1. The summed E-state index contributed by atoms with van der Waals surface area (Å²) in [5.74, 6) is -0.0900. The van der Waals surface area contributed by atoms with Crippen molar-refractivity contribution in [2.24, 2.45) is 10.1 Å². The number of phenols is 1. The molecule has 156 valence electrons. The van der Waals surface area contributed by atoms with Crippen LogP contribution in [0.4, 0.5) is 11.4 Å². The van der Waals surface area contributed by atoms with E-state index in [1.807, 2.05) is 30.3 Å². The van der Waals surface area contributed by atoms with E-state index in [1.54, 1.807) is 30.3 Å². The van der Waals surface area contributed by atoms with E-state index in [2.05, 4.69) is 4.99 Å². The van der Waals surface area contributed by atoms with Gasteiger partial charge in [-0.15, -0.1) is 0 Å². The van der Waals surface area contributed by atoms with E-state index in [-0.39, 0.29) is 16.6 Å². The number of hydrogen-bond donors (Lipinski definition) is 2. The number of aromatic hydroxyl groups is 1. The molecule has 31 heavy (non-hydrogen) atoms. The molecule has 9 heteroatoms. The molecule has 0 atom stereocenters. The summed E-state index contributed by atoms with van der Waals surface area (Å²) in [4.78, 5) is 19.7. The first-order valence-corrected chi connectivity index (χ1v) is 11.5. The summed E-state index contributed by atoms with van der Waals surface area (Å²) in [6.07, 6.45) is 1.73. The Morgan fingerprint density at radius 3 is 2.19 bits per heavy atom. The van der Waals surface area contributed by atoms with Crippen LogP contribution in [0.1, 0.15) is 5.56 Å². The van der Waals surface area contributed by atoms with Gasteiger partial charge in [-0.2, -0.15) is 0 Å². The number of para-hydroxylation sites is 1. The number of nitrogens with two attached hydrogens (primary N) is 1. The first-order chi connectivity index (χ1) is 14.8. The summed E-state index contributed by atoms with van der Waals surface area (Å²) in [6.45, 7) is 0. The Labute approximate surface area is 183 Å². The van der Waals surface area contributed by atoms with Crippen molar-refractivity contribution in [1.29, 1.82) is 0 Å². The van der Waals surface area contributed by atoms with Gasteiger partial charge in [-0.05, 0) is 71.9 Å². The monoisotopic (exact) mass is 451 g/mol. The Balaban J connectivity index is 1.74. The molecule has 3 N–H and O–H groups in total. The third-order valence-electron chi connectivity index (χ3n) is 4.40. The number of thioether (sulfide) groups is 1. The van der Waals surface area contributed by atoms with Crippen molar-refractivity contribution < 1.29 is 18.3 Å². The zero-order chi connectivity index (χ0) is 22.0. The molecule has 1 saturated heterocycles. The molecule has 0 aliphatic carbocycles. The first-order valence-electron chi connectivity index (χ1n) is 9.11. The summed E-state index contributed by atoms with van der Waals surface area (Å²) in [6, 6.07) is 21.4. The van der Waals surface area contributed by atoms with Crippen LogP contribution in [0.25, 0.3) is 6.08 Å². The number of nitrogens with zero attached hydrogens (tertiary/aromatic N) is 2. The number of hydrogen-bond acceptors (Lipinski definition) is 6. The van der Waals surface area contributed by atoms with Gasteiger partial charge in [0.05, 0.1) is 21.2 Å². The average Bonchev–Trinajstić information content (AvgIpc) is 3.04. The fourth-order valence-corrected chi connectivity index (χ4v) is 4.41. The molecule has 7 nitrogen and oxygen atoms in total. The number of carbonyl (C=O) groups is 1. The summed E-state index contributed by atoms with van der Waals surface area (Å²) in [5, 5.41) is 15.0. The lowest BCUT2D eigenvalue weighted by Crippen LogP contribution is -2.28. The van der Waals surface area contributed by atoms with E-state index in [0.717, 1.165) is 5.56 Å². The van der Waals surface area contributed by atoms with Crippen molar-refractivity contribution in [3.05, 3.63) is 89.3 Å². The highest BCUT2D eigenvalue weighted by Gasteiger charge is 2.34. The molecule has 0 spiro atoms. The predicted octanol–water partition coefficient (Wildman–Crippen LogP) is 3.85. The van der Waals surface area contributed by atoms with Crippen molar-refractivity contribution in [1.82, 2.24) is 0 Å². The Hall–Kier alpha value is -3.40. The van der Waals surface area contributed by atoms with Crippen LogP contribution >= 0.6 is 11.8 Å². The minimum Gasteiger partial charge on any atom is -0.508 e. The smallest absolute Gasteiger partial charge is 0.271 e. The Kier molecular flexibility index (Phi) is 5.64. The summed E-state index contributed by atoms with van der Waals surface area (Å²) < 4.78 is 22.9. The van der Waals surface area contributed by atoms with Crippen molar-refractivity contribution in [3.63, 3.8) is 0 Å². The second kappa shape index (κ2) is 8.38. The van der Waals surface area contributed by atoms with Crippen molar-refractivity contribution in [3.8, 4) is 5.75 Å². The minimum absolute atomic E-state index is 0.0144. The van der Waals surface area contributed by atoms with E-state index >= 15 is 0 Å². The highest BCUT2D eigenvalue weighted by molar-refractivity contribution is 8.19. The third-order valence-corrected chi connectivity index (χ3v) is 6.30. The number of primary sulfonamides is 1. The van der Waals surface area contributed by atoms with Gasteiger partial charge in [0, 0.05) is 0 Å². The van der Waals surface area contributed by atoms with Crippen LogP contribution in [0.5, 0.6) is 5.75 Å². The number of sulfonamides is 1. The molecular formula is C22H17N3O4S2. The summed E-state index contributed by atoms with van der Waals surface area (Å²) in [7, 11) is -3.80. The normalized spacial score (nSPS) is 16.9. The Morgan fingerprint density at radius 2 is 1.58 bits per heavy atom. The van der Waals surface area contributed by atoms with Crippen LogP contribution < -0.4 is 10.0 Å². The van der Waals surface area contributed by atoms with Crippen molar-refractivity contribution >= 4 is 50.3 Å². The predicted molar refractivity (Wildman–Crippen MR) is 123 cm³/mol. The van der Waals surface area contributed by atoms with Gasteiger partial charge >= 0.3 is 0 Å². The molecule has 0 aromatic heterocycles. The second-order valence-corrected chi connectivity index (χ2v) is 9.18. The van der Waals surface area contributed by atoms with Gasteiger partial charge in [0.15, 0.2) is 5.17 Å². The molecular weight excluding hydrogens is 434 g/mol. The average molecular weight is 452 g/mol. The maximum absolute atomic E-state index is 13.2. The van der Waals surface area contributed by atoms with Crippen LogP contribution in [-0.4, -0.2) is 24.6 Å². The van der Waals surface area contributed by atoms with E-state index in [1.165, 1.54) is 40.9 Å². The van der Waals surface area contributed by atoms with Gasteiger partial charge in [-0.3, -0.25) is 9.69 Å². The number of benzene rings is 3. The number of carbonyl (C=O) groups excluding carboxylic acids is 1. The third kappa shape index (κ3) is 4.69. The van der Waals surface area contributed by atoms with Gasteiger partial charge in [0.25, 0.3) is 5.91 Å². The number of amides is 1. The minimum atomic E-state index is -3.80. The number of anilines is 1. The lowest BCUT2D eigenvalue weighted by molar-refractivity contribution is -0.113. The molecule has 3 aromatic carbocycles. The molecule has 4 rings (SSSR count). The zero-order valence-corrected chi connectivity index (χ0v) is 17.7. The zero-order valence-electron chi connectivity index (χ0n) is 16.0. The molecule has 1 aliphatic rings. The molecule has 1 heterocycles. The maximum atomic E-state index is 13.2. The quantitative estimate of drug-likeness (QED) is 0.585. The molecule has 1 fully saturated rings. The Morgan fingerprint density at radius 1 is 0.935 bits per heavy atom. The van der Waals surface area contributed by atoms with E-state index in [9.17, 15) is 18.3 Å². The van der Waals surface area contributed by atoms with Gasteiger partial charge < -0.3 is 5.11 Å². The fourth-order valence-electron chi connectivity index (χ4n) is 2.90. The van der Waals surface area contributed by atoms with E-state index < -0.39 is 10.0 Å². The SMILES string of the molecule is NS(=O)(=O)c1ccc(N=C2SC(=Cc3ccc(O)cc3)C(=O)N2c2ccccc2)cc1. The lowest BCUT2D eigenvalue weighted by Gasteiger charge is -2.15. The van der Waals surface area contributed by atoms with Crippen molar-refractivity contribution in [2.75, 3.05) is 4.90 Å². The van der Waals surface area contributed by atoms with Crippen LogP contribution in [-0.2, 0) is 14.8 Å². The van der Waals surface area contributed by atoms with Crippen molar-refractivity contribution in [2.45, 2.75) is 4.90 Å². The first kappa shape index (κ1) is 20.9. The van der Waals surface area contributed by atoms with E-state index in [4.69, 9.17) is 5.14 Å². The van der Waals surface area contributed by atoms with Gasteiger partial charge in [0.1, 0.15) is 5.75 Å². The second-order valence-electron chi connectivity index (χ2n) is 6.61. The maximum Gasteiger partial charge on any atom is 0.271 e. The molecule has 0 unspecified atom stereocenters. The van der Waals surface area contributed by atoms with Crippen LogP contribution in [0.15, 0.2) is 93.7 Å². The topological polar surface area (TPSA) is 113 Å². The lowest BCUT2D eigenvalue weighted by atomic mass is 10.2. The highest BCUT2D eigenvalue weighted by atomic mass is 32.2. The highest BCUT2D eigenvalue weighted by Crippen LogP contribution is 2.37. The standard InChI is InChI=1S/C22H17N3O4S2/c23-31(28,29)19-12-8-16(9-13-19)24-22-25(17-4-2-1-3-5-17)21(27)20(30-22)14-15-6-10-18(26)11-7-15/h1-14,26H,(H2,23,28,29). The van der Waals surface area contributed by atoms with Gasteiger partial charge in [-0.25, -0.2) is 18.5 Å². The van der Waals surface area contributed by atoms with Crippen LogP contribution in [0, 0.1) is 0 Å². The molecule has 3 aromatic rings. The Bertz CT molecular complexity index is 1280. The van der Waals surface area contributed by atoms with E-state index in [0.29, 0.717) is 21.4 Å². The van der Waals surface area contributed by atoms with Gasteiger partial charge in [0.2, 0.25) is 10.0 Å².